The Morgan fingerprint density at radius 2 is 1.91 bits per heavy atom. The summed E-state index contributed by atoms with van der Waals surface area (Å²) in [7, 11) is -3.43. The van der Waals surface area contributed by atoms with Crippen LogP contribution in [0.1, 0.15) is 31.7 Å². The Kier molecular flexibility index (Phi) is 3.56. The molecule has 0 aromatic carbocycles. The number of hydrogen-bond donors (Lipinski definition) is 0. The van der Waals surface area contributed by atoms with Gasteiger partial charge in [-0.05, 0) is 43.9 Å². The highest BCUT2D eigenvalue weighted by Gasteiger charge is 2.48. The maximum absolute atomic E-state index is 12.9. The molecule has 0 saturated carbocycles. The van der Waals surface area contributed by atoms with E-state index in [1.807, 2.05) is 16.9 Å². The van der Waals surface area contributed by atoms with E-state index >= 15 is 0 Å². The molecular weight excluding hydrogens is 342 g/mol. The Morgan fingerprint density at radius 1 is 1.18 bits per heavy atom. The van der Waals surface area contributed by atoms with Crippen LogP contribution in [0.2, 0.25) is 4.34 Å². The molecule has 2 unspecified atom stereocenters. The Hall–Kier alpha value is -0.890. The van der Waals surface area contributed by atoms with Crippen molar-refractivity contribution in [2.45, 2.75) is 48.0 Å². The summed E-state index contributed by atoms with van der Waals surface area (Å²) in [5.74, 6) is 0. The predicted molar refractivity (Wildman–Crippen MR) is 85.7 cm³/mol. The molecule has 0 radical (unpaired) electrons. The molecule has 2 aromatic rings. The van der Waals surface area contributed by atoms with Crippen molar-refractivity contribution < 1.29 is 8.42 Å². The first-order valence-electron chi connectivity index (χ1n) is 7.34. The number of rotatable bonds is 3. The van der Waals surface area contributed by atoms with Crippen molar-refractivity contribution in [1.29, 1.82) is 0 Å². The van der Waals surface area contributed by atoms with Gasteiger partial charge in [-0.25, -0.2) is 8.42 Å². The Balaban J connectivity index is 1.63. The molecule has 2 aliphatic rings. The number of fused-ring (bicyclic) bond motifs is 2. The van der Waals surface area contributed by atoms with Gasteiger partial charge in [0.05, 0.1) is 10.4 Å². The number of aromatic nitrogens is 2. The van der Waals surface area contributed by atoms with E-state index in [0.717, 1.165) is 37.0 Å². The largest absolute Gasteiger partial charge is 0.270 e. The molecule has 2 aliphatic heterocycles. The molecule has 0 amide bonds. The van der Waals surface area contributed by atoms with Gasteiger partial charge in [-0.2, -0.15) is 9.40 Å². The summed E-state index contributed by atoms with van der Waals surface area (Å²) in [5.41, 5.74) is 0. The second kappa shape index (κ2) is 5.33. The molecule has 0 N–H and O–H groups in total. The molecule has 2 bridgehead atoms. The maximum Gasteiger partial charge on any atom is 0.253 e. The molecule has 4 rings (SSSR count). The lowest BCUT2D eigenvalue weighted by atomic mass is 10.00. The lowest BCUT2D eigenvalue weighted by Gasteiger charge is -2.37. The summed E-state index contributed by atoms with van der Waals surface area (Å²) in [6, 6.07) is 5.61. The molecule has 5 nitrogen and oxygen atoms in total. The average molecular weight is 358 g/mol. The molecule has 2 aromatic heterocycles. The van der Waals surface area contributed by atoms with Crippen LogP contribution in [0.4, 0.5) is 0 Å². The maximum atomic E-state index is 12.9. The summed E-state index contributed by atoms with van der Waals surface area (Å²) < 4.78 is 30.4. The summed E-state index contributed by atoms with van der Waals surface area (Å²) in [6.07, 6.45) is 7.26. The van der Waals surface area contributed by atoms with Crippen LogP contribution in [0.25, 0.3) is 0 Å². The van der Waals surface area contributed by atoms with Crippen LogP contribution < -0.4 is 0 Å². The quantitative estimate of drug-likeness (QED) is 0.847. The molecule has 0 spiro atoms. The zero-order valence-electron chi connectivity index (χ0n) is 11.8. The number of sulfonamides is 1. The third-order valence-corrected chi connectivity index (χ3v) is 8.32. The second-order valence-corrected chi connectivity index (χ2v) is 9.67. The average Bonchev–Trinajstić information content (AvgIpc) is 3.19. The number of thiophene rings is 1. The van der Waals surface area contributed by atoms with E-state index in [2.05, 4.69) is 5.10 Å². The first-order chi connectivity index (χ1) is 10.6. The summed E-state index contributed by atoms with van der Waals surface area (Å²) in [5, 5.41) is 4.32. The van der Waals surface area contributed by atoms with Crippen LogP contribution in [0.3, 0.4) is 0 Å². The predicted octanol–water partition coefficient (Wildman–Crippen LogP) is 3.15. The van der Waals surface area contributed by atoms with Crippen LogP contribution in [-0.4, -0.2) is 34.6 Å². The molecule has 2 fully saturated rings. The van der Waals surface area contributed by atoms with E-state index in [1.165, 1.54) is 0 Å². The third-order valence-electron chi connectivity index (χ3n) is 4.62. The molecule has 118 valence electrons. The van der Waals surface area contributed by atoms with Crippen LogP contribution >= 0.6 is 22.9 Å². The highest BCUT2D eigenvalue weighted by Crippen LogP contribution is 2.44. The number of halogens is 1. The van der Waals surface area contributed by atoms with Crippen molar-refractivity contribution in [3.05, 3.63) is 34.9 Å². The fourth-order valence-corrected chi connectivity index (χ4v) is 7.23. The number of nitrogens with zero attached hydrogens (tertiary/aromatic N) is 3. The van der Waals surface area contributed by atoms with E-state index in [0.29, 0.717) is 14.6 Å². The lowest BCUT2D eigenvalue weighted by molar-refractivity contribution is 0.185. The normalized spacial score (nSPS) is 29.0. The summed E-state index contributed by atoms with van der Waals surface area (Å²) in [4.78, 5) is 0. The van der Waals surface area contributed by atoms with Gasteiger partial charge in [-0.3, -0.25) is 4.68 Å². The van der Waals surface area contributed by atoms with Crippen LogP contribution in [-0.2, 0) is 10.0 Å². The lowest BCUT2D eigenvalue weighted by Crippen LogP contribution is -2.46. The van der Waals surface area contributed by atoms with Crippen molar-refractivity contribution in [1.82, 2.24) is 14.1 Å². The molecular formula is C14H16ClN3O2S2. The SMILES string of the molecule is O=S(=O)(c1ccc(Cl)s1)N1C2CCC1CC(n1cccn1)C2. The highest BCUT2D eigenvalue weighted by molar-refractivity contribution is 7.91. The van der Waals surface area contributed by atoms with E-state index in [1.54, 1.807) is 22.6 Å². The molecule has 2 saturated heterocycles. The minimum Gasteiger partial charge on any atom is -0.270 e. The van der Waals surface area contributed by atoms with Gasteiger partial charge in [0.25, 0.3) is 10.0 Å². The number of piperidine rings is 1. The van der Waals surface area contributed by atoms with Gasteiger partial charge in [0, 0.05) is 24.5 Å². The molecule has 8 heteroatoms. The Bertz CT molecular complexity index is 758. The smallest absolute Gasteiger partial charge is 0.253 e. The molecule has 0 aliphatic carbocycles. The number of hydrogen-bond acceptors (Lipinski definition) is 4. The van der Waals surface area contributed by atoms with Gasteiger partial charge in [0.2, 0.25) is 0 Å². The minimum absolute atomic E-state index is 0.0684. The van der Waals surface area contributed by atoms with Crippen molar-refractivity contribution in [3.63, 3.8) is 0 Å². The fourth-order valence-electron chi connectivity index (χ4n) is 3.75. The summed E-state index contributed by atoms with van der Waals surface area (Å²) >= 11 is 7.05. The van der Waals surface area contributed by atoms with Crippen LogP contribution in [0.15, 0.2) is 34.8 Å². The second-order valence-electron chi connectivity index (χ2n) is 5.89. The fraction of sp³-hybridized carbons (Fsp3) is 0.500. The van der Waals surface area contributed by atoms with Gasteiger partial charge in [-0.15, -0.1) is 11.3 Å². The zero-order valence-corrected chi connectivity index (χ0v) is 14.2. The molecule has 22 heavy (non-hydrogen) atoms. The zero-order chi connectivity index (χ0) is 15.3. The van der Waals surface area contributed by atoms with Crippen molar-refractivity contribution in [2.75, 3.05) is 0 Å². The van der Waals surface area contributed by atoms with Crippen molar-refractivity contribution >= 4 is 33.0 Å². The first kappa shape index (κ1) is 14.7. The molecule has 4 heterocycles. The van der Waals surface area contributed by atoms with Gasteiger partial charge >= 0.3 is 0 Å². The molecule has 2 atom stereocenters. The summed E-state index contributed by atoms with van der Waals surface area (Å²) in [6.45, 7) is 0. The first-order valence-corrected chi connectivity index (χ1v) is 9.97. The van der Waals surface area contributed by atoms with Crippen LogP contribution in [0.5, 0.6) is 0 Å². The van der Waals surface area contributed by atoms with Crippen LogP contribution in [0, 0.1) is 0 Å². The van der Waals surface area contributed by atoms with E-state index in [-0.39, 0.29) is 12.1 Å². The topological polar surface area (TPSA) is 55.2 Å². The Labute approximate surface area is 138 Å². The van der Waals surface area contributed by atoms with Gasteiger partial charge in [-0.1, -0.05) is 11.6 Å². The minimum atomic E-state index is -3.43. The third kappa shape index (κ3) is 2.31. The van der Waals surface area contributed by atoms with Gasteiger partial charge in [0.1, 0.15) is 4.21 Å². The van der Waals surface area contributed by atoms with E-state index in [9.17, 15) is 8.42 Å². The van der Waals surface area contributed by atoms with Crippen molar-refractivity contribution in [3.8, 4) is 0 Å². The highest BCUT2D eigenvalue weighted by atomic mass is 35.5. The monoisotopic (exact) mass is 357 g/mol. The van der Waals surface area contributed by atoms with Gasteiger partial charge in [0.15, 0.2) is 0 Å². The standard InChI is InChI=1S/C14H16ClN3O2S2/c15-13-4-5-14(21-13)22(19,20)18-10-2-3-11(18)9-12(8-10)17-7-1-6-16-17/h1,4-7,10-12H,2-3,8-9H2. The van der Waals surface area contributed by atoms with E-state index < -0.39 is 10.0 Å². The van der Waals surface area contributed by atoms with Gasteiger partial charge < -0.3 is 0 Å². The Morgan fingerprint density at radius 3 is 2.45 bits per heavy atom. The van der Waals surface area contributed by atoms with E-state index in [4.69, 9.17) is 11.6 Å². The van der Waals surface area contributed by atoms with Crippen molar-refractivity contribution in [2.24, 2.45) is 0 Å².